The zero-order chi connectivity index (χ0) is 22.7. The monoisotopic (exact) mass is 489 g/mol. The summed E-state index contributed by atoms with van der Waals surface area (Å²) >= 11 is 6.16. The van der Waals surface area contributed by atoms with Gasteiger partial charge in [-0.15, -0.1) is 0 Å². The van der Waals surface area contributed by atoms with Gasteiger partial charge in [0.1, 0.15) is 11.6 Å². The van der Waals surface area contributed by atoms with Gasteiger partial charge >= 0.3 is 10.2 Å². The molecule has 2 saturated heterocycles. The molecule has 1 saturated carbocycles. The van der Waals surface area contributed by atoms with Crippen LogP contribution in [0.15, 0.2) is 12.1 Å². The van der Waals surface area contributed by atoms with Gasteiger partial charge in [0.2, 0.25) is 0 Å². The summed E-state index contributed by atoms with van der Waals surface area (Å²) in [5.41, 5.74) is -0.451. The van der Waals surface area contributed by atoms with Crippen LogP contribution in [0.4, 0.5) is 4.39 Å². The van der Waals surface area contributed by atoms with Crippen molar-refractivity contribution in [3.8, 4) is 5.75 Å². The first-order valence-electron chi connectivity index (χ1n) is 11.1. The highest BCUT2D eigenvalue weighted by Gasteiger charge is 2.39. The number of ether oxygens (including phenoxy) is 2. The van der Waals surface area contributed by atoms with Crippen LogP contribution in [0.5, 0.6) is 5.75 Å². The Morgan fingerprint density at radius 3 is 2.62 bits per heavy atom. The van der Waals surface area contributed by atoms with Gasteiger partial charge in [-0.3, -0.25) is 4.79 Å². The van der Waals surface area contributed by atoms with Crippen LogP contribution in [-0.2, 0) is 14.9 Å². The van der Waals surface area contributed by atoms with Crippen molar-refractivity contribution < 1.29 is 27.1 Å². The second-order valence-corrected chi connectivity index (χ2v) is 10.8. The number of piperidine rings is 1. The van der Waals surface area contributed by atoms with Crippen LogP contribution < -0.4 is 14.8 Å². The van der Waals surface area contributed by atoms with Gasteiger partial charge in [0, 0.05) is 25.7 Å². The average Bonchev–Trinajstić information content (AvgIpc) is 3.24. The molecule has 32 heavy (non-hydrogen) atoms. The average molecular weight is 490 g/mol. The van der Waals surface area contributed by atoms with Crippen molar-refractivity contribution in [2.45, 2.75) is 50.7 Å². The lowest BCUT2D eigenvalue weighted by molar-refractivity contribution is -0.0729. The summed E-state index contributed by atoms with van der Waals surface area (Å²) in [6.45, 7) is 2.45. The lowest BCUT2D eigenvalue weighted by Gasteiger charge is -2.40. The van der Waals surface area contributed by atoms with Crippen LogP contribution in [0.25, 0.3) is 0 Å². The number of carbonyl (C=O) groups is 1. The number of hydrogen-bond donors (Lipinski definition) is 2. The first kappa shape index (κ1) is 23.7. The third kappa shape index (κ3) is 5.72. The summed E-state index contributed by atoms with van der Waals surface area (Å²) in [4.78, 5) is 12.5. The van der Waals surface area contributed by atoms with Crippen molar-refractivity contribution in [3.63, 3.8) is 0 Å². The lowest BCUT2D eigenvalue weighted by Crippen LogP contribution is -2.59. The molecule has 1 aliphatic carbocycles. The van der Waals surface area contributed by atoms with Gasteiger partial charge < -0.3 is 14.8 Å². The maximum absolute atomic E-state index is 14.5. The van der Waals surface area contributed by atoms with Crippen LogP contribution in [0.3, 0.4) is 0 Å². The first-order chi connectivity index (χ1) is 15.3. The maximum Gasteiger partial charge on any atom is 0.304 e. The van der Waals surface area contributed by atoms with E-state index in [2.05, 4.69) is 5.32 Å². The number of carbonyl (C=O) groups excluding carboxylic acids is 1. The number of benzene rings is 1. The van der Waals surface area contributed by atoms with E-state index >= 15 is 0 Å². The summed E-state index contributed by atoms with van der Waals surface area (Å²) < 4.78 is 54.0. The quantitative estimate of drug-likeness (QED) is 0.582. The Kier molecular flexibility index (Phi) is 7.56. The van der Waals surface area contributed by atoms with Crippen LogP contribution in [0, 0.1) is 11.7 Å². The topological polar surface area (TPSA) is 97.0 Å². The summed E-state index contributed by atoms with van der Waals surface area (Å²) in [5.74, 6) is -1.40. The molecule has 2 aliphatic heterocycles. The van der Waals surface area contributed by atoms with Crippen LogP contribution >= 0.6 is 11.6 Å². The van der Waals surface area contributed by atoms with Gasteiger partial charge in [-0.2, -0.15) is 12.7 Å². The van der Waals surface area contributed by atoms with Gasteiger partial charge in [-0.25, -0.2) is 9.11 Å². The molecule has 1 amide bonds. The van der Waals surface area contributed by atoms with E-state index in [-0.39, 0.29) is 36.1 Å². The van der Waals surface area contributed by atoms with E-state index < -0.39 is 27.5 Å². The molecule has 4 rings (SSSR count). The molecular formula is C21H29ClFN3O5S. The van der Waals surface area contributed by atoms with E-state index in [1.807, 2.05) is 4.72 Å². The highest BCUT2D eigenvalue weighted by atomic mass is 35.5. The molecule has 0 bridgehead atoms. The summed E-state index contributed by atoms with van der Waals surface area (Å²) in [7, 11) is -4.11. The third-order valence-electron chi connectivity index (χ3n) is 6.23. The van der Waals surface area contributed by atoms with Crippen molar-refractivity contribution in [3.05, 3.63) is 28.5 Å². The van der Waals surface area contributed by atoms with Gasteiger partial charge in [0.25, 0.3) is 5.91 Å². The highest BCUT2D eigenvalue weighted by Crippen LogP contribution is 2.31. The minimum absolute atomic E-state index is 0.0606. The molecule has 3 aliphatic rings. The third-order valence-corrected chi connectivity index (χ3v) is 7.94. The van der Waals surface area contributed by atoms with E-state index in [0.29, 0.717) is 12.5 Å². The number of halogens is 2. The highest BCUT2D eigenvalue weighted by molar-refractivity contribution is 7.87. The van der Waals surface area contributed by atoms with Crippen molar-refractivity contribution in [2.75, 3.05) is 32.8 Å². The zero-order valence-electron chi connectivity index (χ0n) is 17.8. The van der Waals surface area contributed by atoms with Crippen LogP contribution in [-0.4, -0.2) is 63.6 Å². The SMILES string of the molecule is O=C(NS(=O)(=O)N1CC(O[C@@H]2CCCNC2)C1)c1cc(Cl)c(OCC2CCCC2)cc1F. The van der Waals surface area contributed by atoms with E-state index in [0.717, 1.165) is 68.1 Å². The van der Waals surface area contributed by atoms with E-state index in [9.17, 15) is 17.6 Å². The van der Waals surface area contributed by atoms with Gasteiger partial charge in [0.15, 0.2) is 0 Å². The molecule has 11 heteroatoms. The second-order valence-electron chi connectivity index (χ2n) is 8.70. The fourth-order valence-electron chi connectivity index (χ4n) is 4.33. The van der Waals surface area contributed by atoms with Gasteiger partial charge in [0.05, 0.1) is 29.4 Å². The smallest absolute Gasteiger partial charge is 0.304 e. The Morgan fingerprint density at radius 2 is 1.94 bits per heavy atom. The predicted octanol–water partition coefficient (Wildman–Crippen LogP) is 2.48. The Labute approximate surface area is 193 Å². The minimum atomic E-state index is -4.11. The Balaban J connectivity index is 1.31. The number of nitrogens with one attached hydrogen (secondary N) is 2. The normalized spacial score (nSPS) is 23.1. The second kappa shape index (κ2) is 10.2. The Bertz CT molecular complexity index is 930. The molecule has 0 unspecified atom stereocenters. The van der Waals surface area contributed by atoms with Crippen molar-refractivity contribution in [1.29, 1.82) is 0 Å². The summed E-state index contributed by atoms with van der Waals surface area (Å²) in [6, 6.07) is 2.13. The first-order valence-corrected chi connectivity index (χ1v) is 12.9. The largest absolute Gasteiger partial charge is 0.492 e. The molecule has 2 heterocycles. The Hall–Kier alpha value is -1.46. The minimum Gasteiger partial charge on any atom is -0.492 e. The molecule has 3 fully saturated rings. The van der Waals surface area contributed by atoms with Gasteiger partial charge in [-0.05, 0) is 44.2 Å². The fourth-order valence-corrected chi connectivity index (χ4v) is 5.74. The Morgan fingerprint density at radius 1 is 1.19 bits per heavy atom. The molecule has 1 aromatic carbocycles. The lowest BCUT2D eigenvalue weighted by atomic mass is 10.1. The molecule has 0 spiro atoms. The molecule has 1 atom stereocenters. The van der Waals surface area contributed by atoms with Gasteiger partial charge in [-0.1, -0.05) is 24.4 Å². The molecular weight excluding hydrogens is 461 g/mol. The number of hydrogen-bond acceptors (Lipinski definition) is 6. The molecule has 0 aromatic heterocycles. The summed E-state index contributed by atoms with van der Waals surface area (Å²) in [5, 5.41) is 3.30. The molecule has 1 aromatic rings. The van der Waals surface area contributed by atoms with E-state index in [4.69, 9.17) is 21.1 Å². The van der Waals surface area contributed by atoms with Crippen molar-refractivity contribution in [1.82, 2.24) is 14.3 Å². The van der Waals surface area contributed by atoms with E-state index in [1.165, 1.54) is 0 Å². The van der Waals surface area contributed by atoms with Crippen LogP contribution in [0.1, 0.15) is 48.9 Å². The number of nitrogens with zero attached hydrogens (tertiary/aromatic N) is 1. The number of amides is 1. The zero-order valence-corrected chi connectivity index (χ0v) is 19.4. The number of rotatable bonds is 8. The van der Waals surface area contributed by atoms with Crippen molar-refractivity contribution >= 4 is 27.7 Å². The van der Waals surface area contributed by atoms with E-state index in [1.54, 1.807) is 0 Å². The van der Waals surface area contributed by atoms with Crippen molar-refractivity contribution in [2.24, 2.45) is 5.92 Å². The maximum atomic E-state index is 14.5. The predicted molar refractivity (Wildman–Crippen MR) is 118 cm³/mol. The molecule has 8 nitrogen and oxygen atoms in total. The molecule has 178 valence electrons. The molecule has 2 N–H and O–H groups in total. The standard InChI is InChI=1S/C21H29ClFN3O5S/c22-18-8-17(19(23)9-20(18)30-13-14-4-1-2-5-14)21(27)25-32(28,29)26-11-16(12-26)31-15-6-3-7-24-10-15/h8-9,14-16,24H,1-7,10-13H2,(H,25,27)/t15-/m1/s1. The molecule has 0 radical (unpaired) electrons. The van der Waals surface area contributed by atoms with Crippen LogP contribution in [0.2, 0.25) is 5.02 Å². The fraction of sp³-hybridized carbons (Fsp3) is 0.667. The summed E-state index contributed by atoms with van der Waals surface area (Å²) in [6.07, 6.45) is 6.27.